The largest absolute Gasteiger partial charge is 0.377 e. The highest BCUT2D eigenvalue weighted by atomic mass is 16.5. The Hall–Kier alpha value is -0.120. The van der Waals surface area contributed by atoms with Crippen molar-refractivity contribution in [3.05, 3.63) is 0 Å². The van der Waals surface area contributed by atoms with Gasteiger partial charge < -0.3 is 10.1 Å². The fourth-order valence-electron chi connectivity index (χ4n) is 3.20. The summed E-state index contributed by atoms with van der Waals surface area (Å²) in [6.45, 7) is 9.01. The zero-order chi connectivity index (χ0) is 12.1. The number of nitrogens with zero attached hydrogens (tertiary/aromatic N) is 1. The molecule has 0 bridgehead atoms. The van der Waals surface area contributed by atoms with Crippen LogP contribution >= 0.6 is 0 Å². The smallest absolute Gasteiger partial charge is 0.0600 e. The van der Waals surface area contributed by atoms with Gasteiger partial charge in [0.05, 0.1) is 12.7 Å². The molecule has 3 heteroatoms. The third-order valence-corrected chi connectivity index (χ3v) is 4.37. The van der Waals surface area contributed by atoms with Gasteiger partial charge in [-0.1, -0.05) is 6.42 Å². The summed E-state index contributed by atoms with van der Waals surface area (Å²) >= 11 is 0. The van der Waals surface area contributed by atoms with E-state index in [-0.39, 0.29) is 0 Å². The lowest BCUT2D eigenvalue weighted by Gasteiger charge is -2.39. The van der Waals surface area contributed by atoms with Crippen LogP contribution in [0.25, 0.3) is 0 Å². The van der Waals surface area contributed by atoms with Crippen molar-refractivity contribution < 1.29 is 4.74 Å². The third-order valence-electron chi connectivity index (χ3n) is 4.37. The van der Waals surface area contributed by atoms with Gasteiger partial charge in [0.2, 0.25) is 0 Å². The van der Waals surface area contributed by atoms with Crippen molar-refractivity contribution in [3.63, 3.8) is 0 Å². The van der Waals surface area contributed by atoms with Crippen LogP contribution in [0.3, 0.4) is 0 Å². The topological polar surface area (TPSA) is 24.5 Å². The van der Waals surface area contributed by atoms with Crippen LogP contribution in [0.15, 0.2) is 0 Å². The Bertz CT molecular complexity index is 206. The lowest BCUT2D eigenvalue weighted by Crippen LogP contribution is -2.45. The van der Waals surface area contributed by atoms with Crippen LogP contribution < -0.4 is 5.32 Å². The van der Waals surface area contributed by atoms with E-state index in [0.717, 1.165) is 38.3 Å². The molecular weight excluding hydrogens is 212 g/mol. The minimum absolute atomic E-state index is 0.506. The Labute approximate surface area is 106 Å². The number of rotatable bonds is 4. The van der Waals surface area contributed by atoms with Gasteiger partial charge in [-0.2, -0.15) is 0 Å². The van der Waals surface area contributed by atoms with Gasteiger partial charge in [0.25, 0.3) is 0 Å². The average molecular weight is 240 g/mol. The van der Waals surface area contributed by atoms with Crippen molar-refractivity contribution in [1.82, 2.24) is 10.2 Å². The Morgan fingerprint density at radius 1 is 1.06 bits per heavy atom. The van der Waals surface area contributed by atoms with E-state index in [9.17, 15) is 0 Å². The zero-order valence-corrected chi connectivity index (χ0v) is 11.5. The standard InChI is InChI=1S/C14H28N2O/c1-12-4-3-5-13(2)16(12)10-11-17-14-6-8-15-9-7-14/h12-15H,3-11H2,1-2H3. The SMILES string of the molecule is CC1CCCC(C)N1CCOC1CCNCC1. The fraction of sp³-hybridized carbons (Fsp3) is 1.00. The van der Waals surface area contributed by atoms with Gasteiger partial charge in [-0.15, -0.1) is 0 Å². The van der Waals surface area contributed by atoms with Crippen molar-refractivity contribution in [2.45, 2.75) is 64.1 Å². The first-order valence-corrected chi connectivity index (χ1v) is 7.35. The maximum atomic E-state index is 6.00. The predicted octanol–water partition coefficient (Wildman–Crippen LogP) is 2.02. The molecule has 1 N–H and O–H groups in total. The number of piperidine rings is 2. The maximum absolute atomic E-state index is 6.00. The summed E-state index contributed by atoms with van der Waals surface area (Å²) in [7, 11) is 0. The molecule has 0 aromatic rings. The molecule has 2 rings (SSSR count). The highest BCUT2D eigenvalue weighted by Crippen LogP contribution is 2.22. The second-order valence-corrected chi connectivity index (χ2v) is 5.69. The molecule has 100 valence electrons. The van der Waals surface area contributed by atoms with E-state index in [2.05, 4.69) is 24.1 Å². The van der Waals surface area contributed by atoms with Gasteiger partial charge in [-0.3, -0.25) is 4.90 Å². The Kier molecular flexibility index (Phi) is 5.26. The highest BCUT2D eigenvalue weighted by Gasteiger charge is 2.24. The summed E-state index contributed by atoms with van der Waals surface area (Å²) in [5.74, 6) is 0. The summed E-state index contributed by atoms with van der Waals surface area (Å²) < 4.78 is 6.00. The first kappa shape index (κ1) is 13.3. The number of ether oxygens (including phenoxy) is 1. The molecule has 0 amide bonds. The number of nitrogens with one attached hydrogen (secondary N) is 1. The first-order chi connectivity index (χ1) is 8.27. The summed E-state index contributed by atoms with van der Waals surface area (Å²) in [4.78, 5) is 2.63. The van der Waals surface area contributed by atoms with Crippen molar-refractivity contribution in [1.29, 1.82) is 0 Å². The van der Waals surface area contributed by atoms with Gasteiger partial charge in [0, 0.05) is 18.6 Å². The van der Waals surface area contributed by atoms with Gasteiger partial charge in [-0.25, -0.2) is 0 Å². The molecule has 0 radical (unpaired) electrons. The van der Waals surface area contributed by atoms with Crippen molar-refractivity contribution in [3.8, 4) is 0 Å². The highest BCUT2D eigenvalue weighted by molar-refractivity contribution is 4.79. The molecular formula is C14H28N2O. The molecule has 2 saturated heterocycles. The molecule has 0 spiro atoms. The summed E-state index contributed by atoms with van der Waals surface area (Å²) in [6.07, 6.45) is 6.99. The van der Waals surface area contributed by atoms with Crippen LogP contribution in [-0.4, -0.2) is 49.3 Å². The Morgan fingerprint density at radius 2 is 1.71 bits per heavy atom. The number of hydrogen-bond donors (Lipinski definition) is 1. The molecule has 2 heterocycles. The zero-order valence-electron chi connectivity index (χ0n) is 11.5. The molecule has 0 aromatic heterocycles. The lowest BCUT2D eigenvalue weighted by atomic mass is 9.98. The molecule has 2 aliphatic rings. The van der Waals surface area contributed by atoms with E-state index in [1.54, 1.807) is 0 Å². The van der Waals surface area contributed by atoms with Crippen LogP contribution in [0.2, 0.25) is 0 Å². The minimum Gasteiger partial charge on any atom is -0.377 e. The van der Waals surface area contributed by atoms with E-state index >= 15 is 0 Å². The first-order valence-electron chi connectivity index (χ1n) is 7.35. The van der Waals surface area contributed by atoms with Gasteiger partial charge in [-0.05, 0) is 52.6 Å². The fourth-order valence-corrected chi connectivity index (χ4v) is 3.20. The molecule has 3 nitrogen and oxygen atoms in total. The van der Waals surface area contributed by atoms with Crippen molar-refractivity contribution >= 4 is 0 Å². The maximum Gasteiger partial charge on any atom is 0.0600 e. The van der Waals surface area contributed by atoms with Crippen LogP contribution in [-0.2, 0) is 4.74 Å². The normalized spacial score (nSPS) is 32.8. The number of likely N-dealkylation sites (tertiary alicyclic amines) is 1. The molecule has 2 fully saturated rings. The van der Waals surface area contributed by atoms with E-state index in [1.807, 2.05) is 0 Å². The molecule has 0 aliphatic carbocycles. The minimum atomic E-state index is 0.506. The van der Waals surface area contributed by atoms with Gasteiger partial charge in [0.15, 0.2) is 0 Å². The summed E-state index contributed by atoms with van der Waals surface area (Å²) in [5.41, 5.74) is 0. The quantitative estimate of drug-likeness (QED) is 0.813. The van der Waals surface area contributed by atoms with Crippen molar-refractivity contribution in [2.75, 3.05) is 26.2 Å². The van der Waals surface area contributed by atoms with Crippen LogP contribution in [0, 0.1) is 0 Å². The Morgan fingerprint density at radius 3 is 2.35 bits per heavy atom. The molecule has 17 heavy (non-hydrogen) atoms. The van der Waals surface area contributed by atoms with Crippen molar-refractivity contribution in [2.24, 2.45) is 0 Å². The molecule has 0 saturated carbocycles. The Balaban J connectivity index is 1.66. The van der Waals surface area contributed by atoms with E-state index in [4.69, 9.17) is 4.74 Å². The third kappa shape index (κ3) is 3.94. The van der Waals surface area contributed by atoms with E-state index in [0.29, 0.717) is 6.10 Å². The van der Waals surface area contributed by atoms with E-state index < -0.39 is 0 Å². The predicted molar refractivity (Wildman–Crippen MR) is 71.3 cm³/mol. The van der Waals surface area contributed by atoms with Crippen LogP contribution in [0.1, 0.15) is 46.0 Å². The van der Waals surface area contributed by atoms with Crippen LogP contribution in [0.5, 0.6) is 0 Å². The summed E-state index contributed by atoms with van der Waals surface area (Å²) in [6, 6.07) is 1.49. The van der Waals surface area contributed by atoms with Crippen LogP contribution in [0.4, 0.5) is 0 Å². The van der Waals surface area contributed by atoms with E-state index in [1.165, 1.54) is 32.1 Å². The molecule has 0 aromatic carbocycles. The molecule has 2 unspecified atom stereocenters. The van der Waals surface area contributed by atoms with Gasteiger partial charge in [0.1, 0.15) is 0 Å². The summed E-state index contributed by atoms with van der Waals surface area (Å²) in [5, 5.41) is 3.38. The van der Waals surface area contributed by atoms with Gasteiger partial charge >= 0.3 is 0 Å². The monoisotopic (exact) mass is 240 g/mol. The molecule has 2 atom stereocenters. The lowest BCUT2D eigenvalue weighted by molar-refractivity contribution is -0.0000532. The second-order valence-electron chi connectivity index (χ2n) is 5.69. The number of hydrogen-bond acceptors (Lipinski definition) is 3. The molecule has 2 aliphatic heterocycles. The second kappa shape index (κ2) is 6.72. The average Bonchev–Trinajstić information content (AvgIpc) is 2.34.